The van der Waals surface area contributed by atoms with E-state index in [0.29, 0.717) is 11.3 Å². The molecular formula is C19H17F2NO4. The third kappa shape index (κ3) is 4.55. The molecule has 2 rings (SSSR count). The first-order valence-corrected chi connectivity index (χ1v) is 7.95. The molecule has 0 amide bonds. The molecule has 1 unspecified atom stereocenters. The van der Waals surface area contributed by atoms with Crippen LogP contribution in [0.3, 0.4) is 0 Å². The molecule has 0 saturated carbocycles. The van der Waals surface area contributed by atoms with E-state index in [-0.39, 0.29) is 19.0 Å². The van der Waals surface area contributed by atoms with Gasteiger partial charge in [0.2, 0.25) is 0 Å². The fourth-order valence-electron chi connectivity index (χ4n) is 2.26. The Bertz CT molecular complexity index is 792. The summed E-state index contributed by atoms with van der Waals surface area (Å²) < 4.78 is 44.3. The molecule has 0 aliphatic rings. The van der Waals surface area contributed by atoms with Crippen molar-refractivity contribution < 1.29 is 27.8 Å². The number of ether oxygens (including phenoxy) is 3. The van der Waals surface area contributed by atoms with Gasteiger partial charge < -0.3 is 14.2 Å². The molecule has 26 heavy (non-hydrogen) atoms. The second-order valence-electron chi connectivity index (χ2n) is 5.13. The molecule has 0 aliphatic carbocycles. The Kier molecular flexibility index (Phi) is 6.64. The minimum atomic E-state index is -1.50. The summed E-state index contributed by atoms with van der Waals surface area (Å²) in [6.07, 6.45) is -1.50. The van der Waals surface area contributed by atoms with Crippen LogP contribution in [-0.4, -0.2) is 19.2 Å². The molecule has 7 heteroatoms. The minimum absolute atomic E-state index is 0.0610. The van der Waals surface area contributed by atoms with Crippen molar-refractivity contribution in [1.82, 2.24) is 0 Å². The molecule has 0 aromatic heterocycles. The monoisotopic (exact) mass is 361 g/mol. The predicted octanol–water partition coefficient (Wildman–Crippen LogP) is 4.27. The first-order valence-electron chi connectivity index (χ1n) is 7.95. The van der Waals surface area contributed by atoms with E-state index in [2.05, 4.69) is 0 Å². The van der Waals surface area contributed by atoms with Gasteiger partial charge >= 0.3 is 5.97 Å². The van der Waals surface area contributed by atoms with Crippen LogP contribution in [0, 0.1) is 23.0 Å². The topological polar surface area (TPSA) is 68.6 Å². The third-order valence-electron chi connectivity index (χ3n) is 3.37. The van der Waals surface area contributed by atoms with Gasteiger partial charge in [-0.1, -0.05) is 0 Å². The van der Waals surface area contributed by atoms with E-state index in [9.17, 15) is 13.6 Å². The van der Waals surface area contributed by atoms with Crippen LogP contribution in [0.2, 0.25) is 0 Å². The van der Waals surface area contributed by atoms with Gasteiger partial charge in [0.25, 0.3) is 0 Å². The zero-order valence-electron chi connectivity index (χ0n) is 14.3. The fraction of sp³-hybridized carbons (Fsp3) is 0.263. The SMILES string of the molecule is CCOC(=O)C(OCC)c1c(F)cc(Oc2ccc(C#N)cc2)cc1F. The van der Waals surface area contributed by atoms with Crippen LogP contribution in [0.25, 0.3) is 0 Å². The third-order valence-corrected chi connectivity index (χ3v) is 3.37. The zero-order valence-corrected chi connectivity index (χ0v) is 14.3. The average Bonchev–Trinajstić information content (AvgIpc) is 2.61. The molecule has 0 fully saturated rings. The van der Waals surface area contributed by atoms with Crippen LogP contribution in [0.15, 0.2) is 36.4 Å². The summed E-state index contributed by atoms with van der Waals surface area (Å²) in [5.74, 6) is -2.62. The van der Waals surface area contributed by atoms with Crippen LogP contribution in [-0.2, 0) is 14.3 Å². The van der Waals surface area contributed by atoms with Crippen LogP contribution < -0.4 is 4.74 Å². The molecule has 0 radical (unpaired) electrons. The van der Waals surface area contributed by atoms with Gasteiger partial charge in [-0.3, -0.25) is 0 Å². The highest BCUT2D eigenvalue weighted by molar-refractivity contribution is 5.76. The largest absolute Gasteiger partial charge is 0.464 e. The number of rotatable bonds is 7. The van der Waals surface area contributed by atoms with Crippen molar-refractivity contribution >= 4 is 5.97 Å². The van der Waals surface area contributed by atoms with Crippen molar-refractivity contribution in [2.24, 2.45) is 0 Å². The van der Waals surface area contributed by atoms with Gasteiger partial charge in [-0.2, -0.15) is 5.26 Å². The van der Waals surface area contributed by atoms with Crippen LogP contribution in [0.1, 0.15) is 31.1 Å². The standard InChI is InChI=1S/C19H17F2NO4/c1-3-24-18(19(23)25-4-2)17-15(20)9-14(10-16(17)21)26-13-7-5-12(11-22)6-8-13/h5-10,18H,3-4H2,1-2H3. The van der Waals surface area contributed by atoms with E-state index in [4.69, 9.17) is 19.5 Å². The van der Waals surface area contributed by atoms with Crippen LogP contribution >= 0.6 is 0 Å². The summed E-state index contributed by atoms with van der Waals surface area (Å²) >= 11 is 0. The summed E-state index contributed by atoms with van der Waals surface area (Å²) in [6.45, 7) is 3.32. The lowest BCUT2D eigenvalue weighted by atomic mass is 10.1. The number of carbonyl (C=O) groups is 1. The van der Waals surface area contributed by atoms with Crippen molar-refractivity contribution in [3.63, 3.8) is 0 Å². The summed E-state index contributed by atoms with van der Waals surface area (Å²) in [7, 11) is 0. The molecule has 0 N–H and O–H groups in total. The maximum atomic E-state index is 14.5. The van der Waals surface area contributed by atoms with E-state index < -0.39 is 29.3 Å². The lowest BCUT2D eigenvalue weighted by molar-refractivity contribution is -0.157. The number of esters is 1. The molecule has 2 aromatic rings. The number of nitrogens with zero attached hydrogens (tertiary/aromatic N) is 1. The summed E-state index contributed by atoms with van der Waals surface area (Å²) in [4.78, 5) is 11.9. The molecule has 136 valence electrons. The first kappa shape index (κ1) is 19.3. The Hall–Kier alpha value is -2.98. The highest BCUT2D eigenvalue weighted by atomic mass is 19.1. The van der Waals surface area contributed by atoms with Gasteiger partial charge in [0.1, 0.15) is 23.1 Å². The number of nitriles is 1. The molecule has 0 aliphatic heterocycles. The second kappa shape index (κ2) is 8.92. The van der Waals surface area contributed by atoms with Gasteiger partial charge in [0.05, 0.1) is 23.8 Å². The fourth-order valence-corrected chi connectivity index (χ4v) is 2.26. The first-order chi connectivity index (χ1) is 12.5. The highest BCUT2D eigenvalue weighted by Gasteiger charge is 2.29. The highest BCUT2D eigenvalue weighted by Crippen LogP contribution is 2.31. The number of halogens is 2. The summed E-state index contributed by atoms with van der Waals surface area (Å²) in [5.41, 5.74) is -0.100. The quantitative estimate of drug-likeness (QED) is 0.689. The Labute approximate surface area is 149 Å². The Morgan fingerprint density at radius 3 is 2.19 bits per heavy atom. The van der Waals surface area contributed by atoms with Crippen molar-refractivity contribution in [2.45, 2.75) is 20.0 Å². The predicted molar refractivity (Wildman–Crippen MR) is 88.6 cm³/mol. The number of carbonyl (C=O) groups excluding carboxylic acids is 1. The molecule has 0 saturated heterocycles. The Balaban J connectivity index is 2.30. The number of hydrogen-bond acceptors (Lipinski definition) is 5. The smallest absolute Gasteiger partial charge is 0.340 e. The van der Waals surface area contributed by atoms with E-state index in [1.165, 1.54) is 24.3 Å². The molecule has 0 bridgehead atoms. The average molecular weight is 361 g/mol. The molecule has 0 spiro atoms. The van der Waals surface area contributed by atoms with Gasteiger partial charge in [-0.15, -0.1) is 0 Å². The molecule has 2 aromatic carbocycles. The minimum Gasteiger partial charge on any atom is -0.464 e. The van der Waals surface area contributed by atoms with Crippen molar-refractivity contribution in [1.29, 1.82) is 5.26 Å². The van der Waals surface area contributed by atoms with Crippen LogP contribution in [0.5, 0.6) is 11.5 Å². The van der Waals surface area contributed by atoms with E-state index >= 15 is 0 Å². The van der Waals surface area contributed by atoms with Gasteiger partial charge in [0.15, 0.2) is 6.10 Å². The van der Waals surface area contributed by atoms with E-state index in [0.717, 1.165) is 12.1 Å². The lowest BCUT2D eigenvalue weighted by Crippen LogP contribution is -2.21. The van der Waals surface area contributed by atoms with E-state index in [1.54, 1.807) is 13.8 Å². The van der Waals surface area contributed by atoms with Gasteiger partial charge in [-0.05, 0) is 38.1 Å². The second-order valence-corrected chi connectivity index (χ2v) is 5.13. The summed E-state index contributed by atoms with van der Waals surface area (Å²) in [6, 6.07) is 9.92. The van der Waals surface area contributed by atoms with Crippen molar-refractivity contribution in [3.05, 3.63) is 59.2 Å². The number of benzene rings is 2. The van der Waals surface area contributed by atoms with E-state index in [1.807, 2.05) is 6.07 Å². The van der Waals surface area contributed by atoms with Gasteiger partial charge in [-0.25, -0.2) is 13.6 Å². The Morgan fingerprint density at radius 1 is 1.08 bits per heavy atom. The summed E-state index contributed by atoms with van der Waals surface area (Å²) in [5, 5.41) is 8.76. The van der Waals surface area contributed by atoms with Crippen molar-refractivity contribution in [3.8, 4) is 17.6 Å². The maximum Gasteiger partial charge on any atom is 0.340 e. The molecule has 5 nitrogen and oxygen atoms in total. The van der Waals surface area contributed by atoms with Gasteiger partial charge in [0, 0.05) is 18.7 Å². The lowest BCUT2D eigenvalue weighted by Gasteiger charge is -2.18. The molecular weight excluding hydrogens is 344 g/mol. The Morgan fingerprint density at radius 2 is 1.69 bits per heavy atom. The van der Waals surface area contributed by atoms with Crippen LogP contribution in [0.4, 0.5) is 8.78 Å². The zero-order chi connectivity index (χ0) is 19.1. The normalized spacial score (nSPS) is 11.5. The van der Waals surface area contributed by atoms with Crippen molar-refractivity contribution in [2.75, 3.05) is 13.2 Å². The number of hydrogen-bond donors (Lipinski definition) is 0. The molecule has 0 heterocycles. The molecule has 1 atom stereocenters. The maximum absolute atomic E-state index is 14.5.